The third-order valence-corrected chi connectivity index (χ3v) is 3.07. The van der Waals surface area contributed by atoms with E-state index in [0.717, 1.165) is 0 Å². The van der Waals surface area contributed by atoms with Crippen molar-refractivity contribution in [3.63, 3.8) is 0 Å². The van der Waals surface area contributed by atoms with Crippen LogP contribution in [0.4, 0.5) is 17.1 Å². The first-order valence-electron chi connectivity index (χ1n) is 6.47. The summed E-state index contributed by atoms with van der Waals surface area (Å²) in [5.74, 6) is -0.107. The number of ether oxygens (including phenoxy) is 1. The molecule has 0 aliphatic rings. The second-order valence-electron chi connectivity index (χ2n) is 4.40. The standard InChI is InChI=1S/C15H15N3O4/c1-16-11-8-12(14(22-2)9-13(11)18(20)21)17-15(19)10-6-4-3-5-7-10/h3-9,16H,1-2H3,(H,17,19). The van der Waals surface area contributed by atoms with Gasteiger partial charge in [0.05, 0.1) is 23.8 Å². The van der Waals surface area contributed by atoms with Crippen LogP contribution in [0.5, 0.6) is 5.75 Å². The molecule has 0 atom stereocenters. The van der Waals surface area contributed by atoms with Crippen molar-refractivity contribution in [3.05, 3.63) is 58.1 Å². The lowest BCUT2D eigenvalue weighted by atomic mass is 10.2. The van der Waals surface area contributed by atoms with Crippen molar-refractivity contribution < 1.29 is 14.5 Å². The highest BCUT2D eigenvalue weighted by molar-refractivity contribution is 6.05. The average Bonchev–Trinajstić information content (AvgIpc) is 2.54. The first kappa shape index (κ1) is 15.3. The number of amides is 1. The van der Waals surface area contributed by atoms with E-state index in [1.165, 1.54) is 19.2 Å². The van der Waals surface area contributed by atoms with Crippen LogP contribution in [-0.2, 0) is 0 Å². The molecule has 2 aromatic carbocycles. The van der Waals surface area contributed by atoms with Crippen molar-refractivity contribution in [2.75, 3.05) is 24.8 Å². The summed E-state index contributed by atoms with van der Waals surface area (Å²) in [6, 6.07) is 11.4. The lowest BCUT2D eigenvalue weighted by molar-refractivity contribution is -0.384. The van der Waals surface area contributed by atoms with Gasteiger partial charge in [0.15, 0.2) is 0 Å². The zero-order valence-corrected chi connectivity index (χ0v) is 12.1. The number of nitro benzene ring substituents is 1. The van der Waals surface area contributed by atoms with E-state index < -0.39 is 4.92 Å². The zero-order chi connectivity index (χ0) is 16.1. The molecule has 0 saturated carbocycles. The number of nitrogens with one attached hydrogen (secondary N) is 2. The van der Waals surface area contributed by atoms with Gasteiger partial charge in [0.2, 0.25) is 0 Å². The van der Waals surface area contributed by atoms with Gasteiger partial charge in [-0.2, -0.15) is 0 Å². The molecule has 7 heteroatoms. The molecule has 0 bridgehead atoms. The van der Waals surface area contributed by atoms with Crippen LogP contribution in [0, 0.1) is 10.1 Å². The Balaban J connectivity index is 2.38. The number of rotatable bonds is 5. The molecule has 2 N–H and O–H groups in total. The summed E-state index contributed by atoms with van der Waals surface area (Å²) in [5.41, 5.74) is 0.992. The molecule has 0 aliphatic carbocycles. The molecule has 1 amide bonds. The lowest BCUT2D eigenvalue weighted by Gasteiger charge is -2.12. The zero-order valence-electron chi connectivity index (χ0n) is 12.1. The highest BCUT2D eigenvalue weighted by atomic mass is 16.6. The molecular weight excluding hydrogens is 286 g/mol. The Morgan fingerprint density at radius 2 is 1.86 bits per heavy atom. The van der Waals surface area contributed by atoms with Crippen molar-refractivity contribution >= 4 is 23.0 Å². The normalized spacial score (nSPS) is 9.91. The Morgan fingerprint density at radius 3 is 2.41 bits per heavy atom. The molecule has 0 aromatic heterocycles. The van der Waals surface area contributed by atoms with Gasteiger partial charge in [-0.1, -0.05) is 18.2 Å². The second-order valence-corrected chi connectivity index (χ2v) is 4.40. The van der Waals surface area contributed by atoms with Gasteiger partial charge in [0, 0.05) is 12.6 Å². The molecule has 0 radical (unpaired) electrons. The summed E-state index contributed by atoms with van der Waals surface area (Å²) in [5, 5.41) is 16.5. The molecule has 0 spiro atoms. The van der Waals surface area contributed by atoms with Crippen LogP contribution in [-0.4, -0.2) is 25.0 Å². The molecule has 2 rings (SSSR count). The second kappa shape index (κ2) is 6.57. The van der Waals surface area contributed by atoms with Crippen LogP contribution in [0.3, 0.4) is 0 Å². The van der Waals surface area contributed by atoms with E-state index in [2.05, 4.69) is 10.6 Å². The molecule has 0 heterocycles. The summed E-state index contributed by atoms with van der Waals surface area (Å²) < 4.78 is 5.13. The average molecular weight is 301 g/mol. The Labute approximate surface area is 127 Å². The van der Waals surface area contributed by atoms with Crippen LogP contribution >= 0.6 is 0 Å². The first-order valence-corrected chi connectivity index (χ1v) is 6.47. The van der Waals surface area contributed by atoms with Crippen molar-refractivity contribution in [1.29, 1.82) is 0 Å². The van der Waals surface area contributed by atoms with E-state index in [9.17, 15) is 14.9 Å². The number of carbonyl (C=O) groups excluding carboxylic acids is 1. The van der Waals surface area contributed by atoms with Crippen LogP contribution in [0.1, 0.15) is 10.4 Å². The van der Waals surface area contributed by atoms with Gasteiger partial charge in [0.1, 0.15) is 11.4 Å². The van der Waals surface area contributed by atoms with Gasteiger partial charge in [-0.05, 0) is 18.2 Å². The van der Waals surface area contributed by atoms with Crippen molar-refractivity contribution in [1.82, 2.24) is 0 Å². The summed E-state index contributed by atoms with van der Waals surface area (Å²) in [7, 11) is 2.95. The Hall–Kier alpha value is -3.09. The third kappa shape index (κ3) is 3.14. The fourth-order valence-corrected chi connectivity index (χ4v) is 1.97. The smallest absolute Gasteiger partial charge is 0.296 e. The van der Waals surface area contributed by atoms with Gasteiger partial charge in [-0.25, -0.2) is 0 Å². The lowest BCUT2D eigenvalue weighted by Crippen LogP contribution is -2.13. The van der Waals surface area contributed by atoms with E-state index in [-0.39, 0.29) is 23.0 Å². The van der Waals surface area contributed by atoms with E-state index in [1.807, 2.05) is 6.07 Å². The number of hydrogen-bond donors (Lipinski definition) is 2. The van der Waals surface area contributed by atoms with E-state index in [4.69, 9.17) is 4.74 Å². The summed E-state index contributed by atoms with van der Waals surface area (Å²) in [6.45, 7) is 0. The van der Waals surface area contributed by atoms with Gasteiger partial charge in [0.25, 0.3) is 11.6 Å². The van der Waals surface area contributed by atoms with Crippen molar-refractivity contribution in [2.24, 2.45) is 0 Å². The monoisotopic (exact) mass is 301 g/mol. The van der Waals surface area contributed by atoms with Gasteiger partial charge >= 0.3 is 0 Å². The highest BCUT2D eigenvalue weighted by Gasteiger charge is 2.19. The number of carbonyl (C=O) groups is 1. The number of benzene rings is 2. The Kier molecular flexibility index (Phi) is 4.57. The molecule has 0 aliphatic heterocycles. The highest BCUT2D eigenvalue weighted by Crippen LogP contribution is 2.36. The summed E-state index contributed by atoms with van der Waals surface area (Å²) in [6.07, 6.45) is 0. The summed E-state index contributed by atoms with van der Waals surface area (Å²) >= 11 is 0. The molecule has 7 nitrogen and oxygen atoms in total. The number of nitrogens with zero attached hydrogens (tertiary/aromatic N) is 1. The maximum Gasteiger partial charge on any atom is 0.296 e. The predicted octanol–water partition coefficient (Wildman–Crippen LogP) is 2.90. The molecule has 22 heavy (non-hydrogen) atoms. The van der Waals surface area contributed by atoms with Crippen LogP contribution < -0.4 is 15.4 Å². The van der Waals surface area contributed by atoms with Gasteiger partial charge < -0.3 is 15.4 Å². The minimum absolute atomic E-state index is 0.128. The van der Waals surface area contributed by atoms with Crippen molar-refractivity contribution in [3.8, 4) is 5.75 Å². The molecule has 2 aromatic rings. The SMILES string of the molecule is CNc1cc(NC(=O)c2ccccc2)c(OC)cc1[N+](=O)[O-]. The minimum Gasteiger partial charge on any atom is -0.494 e. The molecule has 0 saturated heterocycles. The van der Waals surface area contributed by atoms with E-state index >= 15 is 0 Å². The fraction of sp³-hybridized carbons (Fsp3) is 0.133. The Morgan fingerprint density at radius 1 is 1.18 bits per heavy atom. The molecular formula is C15H15N3O4. The molecule has 0 unspecified atom stereocenters. The third-order valence-electron chi connectivity index (χ3n) is 3.07. The van der Waals surface area contributed by atoms with Crippen molar-refractivity contribution in [2.45, 2.75) is 0 Å². The quantitative estimate of drug-likeness (QED) is 0.654. The topological polar surface area (TPSA) is 93.5 Å². The maximum atomic E-state index is 12.2. The van der Waals surface area contributed by atoms with Crippen LogP contribution in [0.15, 0.2) is 42.5 Å². The maximum absolute atomic E-state index is 12.2. The number of anilines is 2. The van der Waals surface area contributed by atoms with E-state index in [1.54, 1.807) is 31.3 Å². The number of methoxy groups -OCH3 is 1. The predicted molar refractivity (Wildman–Crippen MR) is 83.6 cm³/mol. The van der Waals surface area contributed by atoms with Crippen LogP contribution in [0.25, 0.3) is 0 Å². The van der Waals surface area contributed by atoms with Gasteiger partial charge in [-0.15, -0.1) is 0 Å². The fourth-order valence-electron chi connectivity index (χ4n) is 1.97. The molecule has 114 valence electrons. The minimum atomic E-state index is -0.517. The summed E-state index contributed by atoms with van der Waals surface area (Å²) in [4.78, 5) is 22.7. The largest absolute Gasteiger partial charge is 0.494 e. The van der Waals surface area contributed by atoms with Crippen LogP contribution in [0.2, 0.25) is 0 Å². The first-order chi connectivity index (χ1) is 10.6. The number of hydrogen-bond acceptors (Lipinski definition) is 5. The Bertz CT molecular complexity index is 701. The van der Waals surface area contributed by atoms with E-state index in [0.29, 0.717) is 11.3 Å². The number of nitro groups is 1. The molecule has 0 fully saturated rings. The van der Waals surface area contributed by atoms with Gasteiger partial charge in [-0.3, -0.25) is 14.9 Å².